The molecule has 0 atom stereocenters. The van der Waals surface area contributed by atoms with Gasteiger partial charge in [-0.05, 0) is 18.2 Å². The molecule has 2 aromatic heterocycles. The Morgan fingerprint density at radius 1 is 1.30 bits per heavy atom. The predicted molar refractivity (Wildman–Crippen MR) is 76.3 cm³/mol. The molecule has 0 bridgehead atoms. The van der Waals surface area contributed by atoms with Crippen LogP contribution in [0.4, 0.5) is 0 Å². The van der Waals surface area contributed by atoms with Crippen LogP contribution in [0.25, 0.3) is 16.9 Å². The molecule has 0 fully saturated rings. The Kier molecular flexibility index (Phi) is 3.12. The van der Waals surface area contributed by atoms with E-state index in [1.54, 1.807) is 35.1 Å². The van der Waals surface area contributed by atoms with E-state index in [0.29, 0.717) is 16.4 Å². The fourth-order valence-electron chi connectivity index (χ4n) is 2.11. The number of hydrogen-bond acceptors (Lipinski definition) is 3. The summed E-state index contributed by atoms with van der Waals surface area (Å²) < 4.78 is 1.64. The molecule has 0 spiro atoms. The lowest BCUT2D eigenvalue weighted by molar-refractivity contribution is -0.117. The van der Waals surface area contributed by atoms with Crippen molar-refractivity contribution >= 4 is 23.2 Å². The van der Waals surface area contributed by atoms with Crippen LogP contribution in [-0.2, 0) is 11.2 Å². The molecule has 1 amide bonds. The summed E-state index contributed by atoms with van der Waals surface area (Å²) in [5.74, 6) is -0.416. The van der Waals surface area contributed by atoms with E-state index in [1.165, 1.54) is 0 Å². The van der Waals surface area contributed by atoms with Gasteiger partial charge in [0.15, 0.2) is 5.65 Å². The van der Waals surface area contributed by atoms with Crippen molar-refractivity contribution in [2.45, 2.75) is 6.42 Å². The molecule has 0 aliphatic heterocycles. The first-order valence-electron chi connectivity index (χ1n) is 6.01. The van der Waals surface area contributed by atoms with Gasteiger partial charge in [0, 0.05) is 28.5 Å². The third-order valence-corrected chi connectivity index (χ3v) is 3.21. The van der Waals surface area contributed by atoms with Crippen LogP contribution >= 0.6 is 11.6 Å². The molecule has 2 N–H and O–H groups in total. The van der Waals surface area contributed by atoms with Crippen LogP contribution in [0.1, 0.15) is 5.56 Å². The summed E-state index contributed by atoms with van der Waals surface area (Å²) in [6.07, 6.45) is 3.54. The van der Waals surface area contributed by atoms with Gasteiger partial charge in [-0.25, -0.2) is 9.50 Å². The molecule has 5 nitrogen and oxygen atoms in total. The topological polar surface area (TPSA) is 73.3 Å². The van der Waals surface area contributed by atoms with Gasteiger partial charge in [0.05, 0.1) is 12.1 Å². The van der Waals surface area contributed by atoms with Crippen molar-refractivity contribution in [3.63, 3.8) is 0 Å². The SMILES string of the molecule is NC(=O)Cc1c(-c2ccc(Cl)cc2)nn2cccnc12. The summed E-state index contributed by atoms with van der Waals surface area (Å²) in [6, 6.07) is 9.05. The molecule has 0 unspecified atom stereocenters. The largest absolute Gasteiger partial charge is 0.369 e. The minimum absolute atomic E-state index is 0.0957. The standard InChI is InChI=1S/C14H11ClN4O/c15-10-4-2-9(3-5-10)13-11(8-12(16)20)14-17-6-1-7-19(14)18-13/h1-7H,8H2,(H2,16,20). The zero-order chi connectivity index (χ0) is 14.1. The molecule has 0 aliphatic rings. The van der Waals surface area contributed by atoms with Crippen LogP contribution in [-0.4, -0.2) is 20.5 Å². The lowest BCUT2D eigenvalue weighted by Gasteiger charge is -2.01. The first-order valence-corrected chi connectivity index (χ1v) is 6.39. The number of nitrogens with zero attached hydrogens (tertiary/aromatic N) is 3. The molecular formula is C14H11ClN4O. The summed E-state index contributed by atoms with van der Waals surface area (Å²) in [4.78, 5) is 15.5. The van der Waals surface area contributed by atoms with E-state index in [-0.39, 0.29) is 6.42 Å². The minimum Gasteiger partial charge on any atom is -0.369 e. The Labute approximate surface area is 120 Å². The summed E-state index contributed by atoms with van der Waals surface area (Å²) in [5, 5.41) is 5.11. The predicted octanol–water partition coefficient (Wildman–Crippen LogP) is 2.08. The molecule has 3 aromatic rings. The van der Waals surface area contributed by atoms with E-state index >= 15 is 0 Å². The van der Waals surface area contributed by atoms with Crippen molar-refractivity contribution in [1.82, 2.24) is 14.6 Å². The molecule has 1 aromatic carbocycles. The smallest absolute Gasteiger partial charge is 0.222 e. The Hall–Kier alpha value is -2.40. The van der Waals surface area contributed by atoms with E-state index in [9.17, 15) is 4.79 Å². The maximum absolute atomic E-state index is 11.3. The number of benzene rings is 1. The summed E-state index contributed by atoms with van der Waals surface area (Å²) in [5.41, 5.74) is 8.24. The van der Waals surface area contributed by atoms with Gasteiger partial charge in [-0.3, -0.25) is 4.79 Å². The molecule has 0 radical (unpaired) electrons. The van der Waals surface area contributed by atoms with Gasteiger partial charge >= 0.3 is 0 Å². The Morgan fingerprint density at radius 3 is 2.75 bits per heavy atom. The average Bonchev–Trinajstić information content (AvgIpc) is 2.78. The number of carbonyl (C=O) groups excluding carboxylic acids is 1. The fourth-order valence-corrected chi connectivity index (χ4v) is 2.24. The molecule has 0 saturated carbocycles. The fraction of sp³-hybridized carbons (Fsp3) is 0.0714. The first kappa shape index (κ1) is 12.6. The van der Waals surface area contributed by atoms with Crippen molar-refractivity contribution in [2.75, 3.05) is 0 Å². The van der Waals surface area contributed by atoms with E-state index in [4.69, 9.17) is 17.3 Å². The number of halogens is 1. The van der Waals surface area contributed by atoms with Crippen LogP contribution < -0.4 is 5.73 Å². The highest BCUT2D eigenvalue weighted by Gasteiger charge is 2.17. The van der Waals surface area contributed by atoms with Gasteiger partial charge < -0.3 is 5.73 Å². The number of fused-ring (bicyclic) bond motifs is 1. The quantitative estimate of drug-likeness (QED) is 0.801. The van der Waals surface area contributed by atoms with Gasteiger partial charge in [0.25, 0.3) is 0 Å². The van der Waals surface area contributed by atoms with Gasteiger partial charge in [0.2, 0.25) is 5.91 Å². The maximum Gasteiger partial charge on any atom is 0.222 e. The van der Waals surface area contributed by atoms with E-state index in [0.717, 1.165) is 11.1 Å². The molecule has 0 saturated heterocycles. The molecule has 20 heavy (non-hydrogen) atoms. The second-order valence-electron chi connectivity index (χ2n) is 4.37. The highest BCUT2D eigenvalue weighted by atomic mass is 35.5. The zero-order valence-corrected chi connectivity index (χ0v) is 11.2. The third kappa shape index (κ3) is 2.23. The number of primary amides is 1. The highest BCUT2D eigenvalue weighted by Crippen LogP contribution is 2.26. The van der Waals surface area contributed by atoms with E-state index in [1.807, 2.05) is 12.1 Å². The Balaban J connectivity index is 2.23. The van der Waals surface area contributed by atoms with E-state index in [2.05, 4.69) is 10.1 Å². The van der Waals surface area contributed by atoms with Gasteiger partial charge in [-0.15, -0.1) is 0 Å². The molecule has 6 heteroatoms. The minimum atomic E-state index is -0.416. The number of nitrogens with two attached hydrogens (primary N) is 1. The molecule has 2 heterocycles. The van der Waals surface area contributed by atoms with Crippen LogP contribution in [0.3, 0.4) is 0 Å². The van der Waals surface area contributed by atoms with Crippen molar-refractivity contribution in [2.24, 2.45) is 5.73 Å². The van der Waals surface area contributed by atoms with Crippen LogP contribution in [0, 0.1) is 0 Å². The summed E-state index contributed by atoms with van der Waals surface area (Å²) in [6.45, 7) is 0. The van der Waals surface area contributed by atoms with Crippen LogP contribution in [0.2, 0.25) is 5.02 Å². The van der Waals surface area contributed by atoms with E-state index < -0.39 is 5.91 Å². The van der Waals surface area contributed by atoms with Crippen molar-refractivity contribution < 1.29 is 4.79 Å². The monoisotopic (exact) mass is 286 g/mol. The maximum atomic E-state index is 11.3. The Bertz CT molecular complexity index is 779. The lowest BCUT2D eigenvalue weighted by Crippen LogP contribution is -2.14. The average molecular weight is 287 g/mol. The lowest BCUT2D eigenvalue weighted by atomic mass is 10.1. The van der Waals surface area contributed by atoms with Crippen molar-refractivity contribution in [3.05, 3.63) is 53.3 Å². The number of amides is 1. The van der Waals surface area contributed by atoms with Crippen molar-refractivity contribution in [3.8, 4) is 11.3 Å². The second-order valence-corrected chi connectivity index (χ2v) is 4.80. The molecule has 3 rings (SSSR count). The summed E-state index contributed by atoms with van der Waals surface area (Å²) in [7, 11) is 0. The third-order valence-electron chi connectivity index (χ3n) is 2.96. The van der Waals surface area contributed by atoms with Gasteiger partial charge in [0.1, 0.15) is 0 Å². The Morgan fingerprint density at radius 2 is 2.05 bits per heavy atom. The number of rotatable bonds is 3. The first-order chi connectivity index (χ1) is 9.65. The number of carbonyl (C=O) groups is 1. The van der Waals surface area contributed by atoms with Crippen molar-refractivity contribution in [1.29, 1.82) is 0 Å². The highest BCUT2D eigenvalue weighted by molar-refractivity contribution is 6.30. The number of hydrogen-bond donors (Lipinski definition) is 1. The van der Waals surface area contributed by atoms with Gasteiger partial charge in [-0.1, -0.05) is 23.7 Å². The molecule has 0 aliphatic carbocycles. The molecule has 100 valence electrons. The van der Waals surface area contributed by atoms with Gasteiger partial charge in [-0.2, -0.15) is 5.10 Å². The number of aromatic nitrogens is 3. The normalized spacial score (nSPS) is 10.8. The van der Waals surface area contributed by atoms with Crippen LogP contribution in [0.5, 0.6) is 0 Å². The second kappa shape index (κ2) is 4.94. The zero-order valence-electron chi connectivity index (χ0n) is 10.5. The molecular weight excluding hydrogens is 276 g/mol. The summed E-state index contributed by atoms with van der Waals surface area (Å²) >= 11 is 5.89. The van der Waals surface area contributed by atoms with Crippen LogP contribution in [0.15, 0.2) is 42.7 Å².